The normalized spacial score (nSPS) is 13.1. The molecule has 0 radical (unpaired) electrons. The summed E-state index contributed by atoms with van der Waals surface area (Å²) >= 11 is 0. The van der Waals surface area contributed by atoms with Gasteiger partial charge in [-0.15, -0.1) is 0 Å². The van der Waals surface area contributed by atoms with Crippen LogP contribution >= 0.6 is 0 Å². The van der Waals surface area contributed by atoms with Crippen molar-refractivity contribution < 1.29 is 31.5 Å². The monoisotopic (exact) mass is 382 g/mol. The number of halogens is 3. The topological polar surface area (TPSA) is 71.4 Å². The Balaban J connectivity index is 2.49. The van der Waals surface area contributed by atoms with Gasteiger partial charge < -0.3 is 5.11 Å². The summed E-state index contributed by atoms with van der Waals surface area (Å²) in [5.41, 5.74) is -3.72. The van der Waals surface area contributed by atoms with Crippen molar-refractivity contribution in [1.82, 2.24) is 0 Å². The van der Waals surface area contributed by atoms with Crippen LogP contribution in [-0.4, -0.2) is 25.0 Å². The predicted molar refractivity (Wildman–Crippen MR) is 90.0 cm³/mol. The number of carbonyl (C=O) groups is 1. The first-order valence-electron chi connectivity index (χ1n) is 7.21. The van der Waals surface area contributed by atoms with Crippen LogP contribution in [0.4, 0.5) is 13.2 Å². The Bertz CT molecular complexity index is 942. The lowest BCUT2D eigenvalue weighted by atomic mass is 9.97. The lowest BCUT2D eigenvalue weighted by molar-refractivity contribution is -0.131. The van der Waals surface area contributed by atoms with E-state index >= 15 is 0 Å². The second-order valence-corrected chi connectivity index (χ2v) is 7.06. The SMILES string of the molecule is O=C(O)/C=C/C=C(/c1ccccc1)c1ccc(S(=O)(=O)C(F)(F)F)cc1. The molecule has 2 rings (SSSR count). The third-order valence-corrected chi connectivity index (χ3v) is 4.87. The van der Waals surface area contributed by atoms with Crippen molar-refractivity contribution in [3.05, 3.63) is 84.0 Å². The van der Waals surface area contributed by atoms with Gasteiger partial charge in [0.1, 0.15) is 0 Å². The average molecular weight is 382 g/mol. The Morgan fingerprint density at radius 1 is 0.923 bits per heavy atom. The molecule has 0 fully saturated rings. The number of benzene rings is 2. The van der Waals surface area contributed by atoms with Crippen LogP contribution in [0.5, 0.6) is 0 Å². The fourth-order valence-electron chi connectivity index (χ4n) is 2.15. The van der Waals surface area contributed by atoms with E-state index in [0.29, 0.717) is 16.7 Å². The molecule has 2 aromatic rings. The van der Waals surface area contributed by atoms with Gasteiger partial charge in [0.15, 0.2) is 0 Å². The Kier molecular flexibility index (Phi) is 5.66. The summed E-state index contributed by atoms with van der Waals surface area (Å²) in [6.45, 7) is 0. The molecule has 26 heavy (non-hydrogen) atoms. The van der Waals surface area contributed by atoms with Gasteiger partial charge in [0.25, 0.3) is 9.84 Å². The van der Waals surface area contributed by atoms with Crippen molar-refractivity contribution >= 4 is 21.4 Å². The zero-order valence-corrected chi connectivity index (χ0v) is 14.0. The minimum absolute atomic E-state index is 0.437. The molecule has 4 nitrogen and oxygen atoms in total. The number of carboxylic acids is 1. The molecule has 8 heteroatoms. The molecular formula is C18H13F3O4S. The molecule has 0 amide bonds. The zero-order chi connectivity index (χ0) is 19.4. The molecule has 0 aliphatic rings. The maximum atomic E-state index is 12.6. The highest BCUT2D eigenvalue weighted by Crippen LogP contribution is 2.31. The molecule has 1 N–H and O–H groups in total. The van der Waals surface area contributed by atoms with Gasteiger partial charge in [-0.1, -0.05) is 54.6 Å². The summed E-state index contributed by atoms with van der Waals surface area (Å²) in [5, 5.41) is 8.68. The van der Waals surface area contributed by atoms with E-state index in [9.17, 15) is 26.4 Å². The lowest BCUT2D eigenvalue weighted by Gasteiger charge is -2.11. The smallest absolute Gasteiger partial charge is 0.478 e. The Labute approximate surface area is 147 Å². The van der Waals surface area contributed by atoms with E-state index in [-0.39, 0.29) is 0 Å². The van der Waals surface area contributed by atoms with E-state index in [1.54, 1.807) is 30.3 Å². The molecule has 136 valence electrons. The fraction of sp³-hybridized carbons (Fsp3) is 0.0556. The predicted octanol–water partition coefficient (Wildman–Crippen LogP) is 4.05. The number of sulfone groups is 1. The van der Waals surface area contributed by atoms with E-state index < -0.39 is 26.2 Å². The minimum atomic E-state index is -5.42. The molecule has 2 aromatic carbocycles. The number of carboxylic acid groups (broad SMARTS) is 1. The molecule has 0 spiro atoms. The molecule has 0 bridgehead atoms. The maximum absolute atomic E-state index is 12.6. The van der Waals surface area contributed by atoms with Crippen molar-refractivity contribution in [3.8, 4) is 0 Å². The maximum Gasteiger partial charge on any atom is 0.501 e. The third-order valence-electron chi connectivity index (χ3n) is 3.37. The summed E-state index contributed by atoms with van der Waals surface area (Å²) in [6, 6.07) is 13.0. The molecule has 0 aliphatic heterocycles. The summed E-state index contributed by atoms with van der Waals surface area (Å²) < 4.78 is 60.7. The first-order chi connectivity index (χ1) is 12.1. The molecule has 0 atom stereocenters. The largest absolute Gasteiger partial charge is 0.501 e. The van der Waals surface area contributed by atoms with Crippen LogP contribution in [0.1, 0.15) is 11.1 Å². The van der Waals surface area contributed by atoms with Crippen LogP contribution in [-0.2, 0) is 14.6 Å². The van der Waals surface area contributed by atoms with Gasteiger partial charge in [-0.25, -0.2) is 13.2 Å². The van der Waals surface area contributed by atoms with E-state index in [4.69, 9.17) is 5.11 Å². The lowest BCUT2D eigenvalue weighted by Crippen LogP contribution is -2.23. The number of alkyl halides is 3. The Hall–Kier alpha value is -2.87. The van der Waals surface area contributed by atoms with Gasteiger partial charge in [-0.3, -0.25) is 0 Å². The zero-order valence-electron chi connectivity index (χ0n) is 13.1. The van der Waals surface area contributed by atoms with Crippen LogP contribution in [0.15, 0.2) is 77.7 Å². The Morgan fingerprint density at radius 3 is 1.96 bits per heavy atom. The molecule has 0 saturated carbocycles. The summed E-state index contributed by atoms with van der Waals surface area (Å²) in [5.74, 6) is -1.15. The first-order valence-corrected chi connectivity index (χ1v) is 8.70. The van der Waals surface area contributed by atoms with Gasteiger partial charge in [0.2, 0.25) is 0 Å². The van der Waals surface area contributed by atoms with E-state index in [0.717, 1.165) is 18.2 Å². The summed E-state index contributed by atoms with van der Waals surface area (Å²) in [7, 11) is -5.42. The van der Waals surface area contributed by atoms with E-state index in [2.05, 4.69) is 0 Å². The third kappa shape index (κ3) is 4.40. The summed E-state index contributed by atoms with van der Waals surface area (Å²) in [6.07, 6.45) is 3.67. The van der Waals surface area contributed by atoms with Gasteiger partial charge in [0.05, 0.1) is 4.90 Å². The molecule has 0 saturated heterocycles. The molecule has 0 aromatic heterocycles. The van der Waals surface area contributed by atoms with Crippen molar-refractivity contribution in [2.45, 2.75) is 10.4 Å². The van der Waals surface area contributed by atoms with E-state index in [1.807, 2.05) is 0 Å². The van der Waals surface area contributed by atoms with E-state index in [1.165, 1.54) is 24.3 Å². The van der Waals surface area contributed by atoms with Crippen molar-refractivity contribution in [2.75, 3.05) is 0 Å². The molecule has 0 unspecified atom stereocenters. The van der Waals surface area contributed by atoms with Crippen molar-refractivity contribution in [2.24, 2.45) is 0 Å². The molecule has 0 aliphatic carbocycles. The van der Waals surface area contributed by atoms with Gasteiger partial charge in [-0.05, 0) is 28.8 Å². The van der Waals surface area contributed by atoms with Crippen LogP contribution < -0.4 is 0 Å². The fourth-order valence-corrected chi connectivity index (χ4v) is 2.91. The second kappa shape index (κ2) is 7.57. The van der Waals surface area contributed by atoms with Gasteiger partial charge in [-0.2, -0.15) is 13.2 Å². The van der Waals surface area contributed by atoms with Crippen molar-refractivity contribution in [3.63, 3.8) is 0 Å². The molecular weight excluding hydrogens is 369 g/mol. The standard InChI is InChI=1S/C18H13F3O4S/c19-18(20,21)26(24,25)15-11-9-14(10-12-15)16(7-4-8-17(22)23)13-5-2-1-3-6-13/h1-12H,(H,22,23)/b8-4+,16-7-. The number of hydrogen-bond acceptors (Lipinski definition) is 3. The number of aliphatic carboxylic acids is 1. The highest BCUT2D eigenvalue weighted by molar-refractivity contribution is 7.92. The first kappa shape index (κ1) is 19.5. The number of hydrogen-bond donors (Lipinski definition) is 1. The average Bonchev–Trinajstić information content (AvgIpc) is 2.58. The van der Waals surface area contributed by atoms with Gasteiger partial charge in [0, 0.05) is 6.08 Å². The summed E-state index contributed by atoms with van der Waals surface area (Å²) in [4.78, 5) is 9.75. The van der Waals surface area contributed by atoms with Crippen LogP contribution in [0, 0.1) is 0 Å². The van der Waals surface area contributed by atoms with Crippen LogP contribution in [0.2, 0.25) is 0 Å². The Morgan fingerprint density at radius 2 is 1.46 bits per heavy atom. The highest BCUT2D eigenvalue weighted by Gasteiger charge is 2.46. The van der Waals surface area contributed by atoms with Crippen molar-refractivity contribution in [1.29, 1.82) is 0 Å². The number of allylic oxidation sites excluding steroid dienone is 2. The minimum Gasteiger partial charge on any atom is -0.478 e. The van der Waals surface area contributed by atoms with Gasteiger partial charge >= 0.3 is 11.5 Å². The second-order valence-electron chi connectivity index (χ2n) is 5.12. The quantitative estimate of drug-likeness (QED) is 0.626. The highest BCUT2D eigenvalue weighted by atomic mass is 32.2. The molecule has 0 heterocycles. The van der Waals surface area contributed by atoms with Crippen LogP contribution in [0.3, 0.4) is 0 Å². The van der Waals surface area contributed by atoms with Crippen LogP contribution in [0.25, 0.3) is 5.57 Å². The number of rotatable bonds is 5.